The molecule has 34 heavy (non-hydrogen) atoms. The fourth-order valence-corrected chi connectivity index (χ4v) is 6.32. The Morgan fingerprint density at radius 2 is 2.00 bits per heavy atom. The van der Waals surface area contributed by atoms with Gasteiger partial charge < -0.3 is 9.88 Å². The number of aromatic nitrogens is 2. The number of nitrogens with one attached hydrogen (secondary N) is 2. The number of halogens is 2. The lowest BCUT2D eigenvalue weighted by Gasteiger charge is -2.54. The zero-order valence-electron chi connectivity index (χ0n) is 18.0. The molecule has 170 valence electrons. The van der Waals surface area contributed by atoms with Crippen LogP contribution in [0.4, 0.5) is 10.1 Å². The van der Waals surface area contributed by atoms with Crippen LogP contribution in [0.15, 0.2) is 42.9 Å². The first-order chi connectivity index (χ1) is 15.8. The Balaban J connectivity index is 1.74. The number of hydrogen-bond acceptors (Lipinski definition) is 5. The lowest BCUT2D eigenvalue weighted by Crippen LogP contribution is -2.74. The number of imidazole rings is 1. The predicted molar refractivity (Wildman–Crippen MR) is 132 cm³/mol. The minimum Gasteiger partial charge on any atom is -0.340 e. The summed E-state index contributed by atoms with van der Waals surface area (Å²) in [6, 6.07) is 6.77. The Hall–Kier alpha value is -2.12. The van der Waals surface area contributed by atoms with Gasteiger partial charge in [-0.2, -0.15) is 12.7 Å². The summed E-state index contributed by atoms with van der Waals surface area (Å²) in [7, 11) is 17.9. The Kier molecular flexibility index (Phi) is 6.27. The minimum absolute atomic E-state index is 0.0916. The van der Waals surface area contributed by atoms with Gasteiger partial charge in [0, 0.05) is 36.3 Å². The zero-order valence-corrected chi connectivity index (χ0v) is 20.4. The van der Waals surface area contributed by atoms with Crippen molar-refractivity contribution >= 4 is 68.3 Å². The van der Waals surface area contributed by atoms with Gasteiger partial charge in [-0.3, -0.25) is 4.79 Å². The number of nitrogens with zero attached hydrogens (tertiary/aromatic N) is 3. The third-order valence-corrected chi connectivity index (χ3v) is 8.82. The summed E-state index contributed by atoms with van der Waals surface area (Å²) >= 11 is 6.93. The molecule has 1 aromatic carbocycles. The maximum absolute atomic E-state index is 13.5. The third kappa shape index (κ3) is 4.01. The van der Waals surface area contributed by atoms with Crippen molar-refractivity contribution in [1.29, 1.82) is 0 Å². The maximum atomic E-state index is 13.5. The molecule has 2 aromatic heterocycles. The summed E-state index contributed by atoms with van der Waals surface area (Å²) in [5.41, 5.74) is -3.52. The van der Waals surface area contributed by atoms with E-state index in [1.807, 2.05) is 7.05 Å². The number of thiophene rings is 1. The van der Waals surface area contributed by atoms with Gasteiger partial charge in [0.25, 0.3) is 10.2 Å². The molecule has 1 fully saturated rings. The highest BCUT2D eigenvalue weighted by atomic mass is 35.5. The second-order valence-corrected chi connectivity index (χ2v) is 11.1. The van der Waals surface area contributed by atoms with Crippen LogP contribution in [-0.2, 0) is 27.5 Å². The smallest absolute Gasteiger partial charge is 0.279 e. The Morgan fingerprint density at radius 3 is 2.62 bits per heavy atom. The van der Waals surface area contributed by atoms with Gasteiger partial charge in [0.05, 0.1) is 35.2 Å². The summed E-state index contributed by atoms with van der Waals surface area (Å²) < 4.78 is 44.2. The van der Waals surface area contributed by atoms with Gasteiger partial charge in [0.2, 0.25) is 5.91 Å². The fourth-order valence-electron chi connectivity index (χ4n) is 3.62. The largest absolute Gasteiger partial charge is 0.340 e. The number of carbonyl (C=O) groups is 1. The van der Waals surface area contributed by atoms with Crippen molar-refractivity contribution < 1.29 is 17.6 Å². The van der Waals surface area contributed by atoms with Crippen molar-refractivity contribution in [2.45, 2.75) is 16.7 Å². The third-order valence-electron chi connectivity index (χ3n) is 5.66. The van der Waals surface area contributed by atoms with Gasteiger partial charge >= 0.3 is 0 Å². The normalized spacial score (nSPS) is 26.9. The topological polar surface area (TPSA) is 96.3 Å². The van der Waals surface area contributed by atoms with Crippen molar-refractivity contribution in [2.24, 2.45) is 7.05 Å². The number of anilines is 1. The molecule has 2 N–H and O–H groups in total. The maximum Gasteiger partial charge on any atom is 0.279 e. The van der Waals surface area contributed by atoms with Crippen molar-refractivity contribution in [1.82, 2.24) is 18.6 Å². The van der Waals surface area contributed by atoms with E-state index in [0.29, 0.717) is 19.8 Å². The summed E-state index contributed by atoms with van der Waals surface area (Å²) in [4.78, 5) is 18.6. The Bertz CT molecular complexity index is 1390. The van der Waals surface area contributed by atoms with Crippen molar-refractivity contribution in [3.05, 3.63) is 58.6 Å². The molecule has 3 heterocycles. The standard InChI is InChI=1S/C19H16B3ClFN5O3S2/c1-28-8-13(25-9-28)14-5-6-15(33-14)18(21)16(20)19(22,29(2)34(31,32)27-18)17(30)26-10-3-4-12(24)11(23)7-10/h3-9,16,27H,1-2H3,(H,26,30). The van der Waals surface area contributed by atoms with E-state index in [0.717, 1.165) is 30.5 Å². The second-order valence-electron chi connectivity index (χ2n) is 7.92. The van der Waals surface area contributed by atoms with E-state index in [1.54, 1.807) is 29.2 Å². The SMILES string of the molecule is [B]C1C([B])(c2ccc(-c3cn(C)cn3)s2)NS(=O)(=O)N(C)C1([B])C(=O)Nc1ccc(F)c(Cl)c1. The predicted octanol–water partition coefficient (Wildman–Crippen LogP) is 1.50. The van der Waals surface area contributed by atoms with Crippen LogP contribution in [0.1, 0.15) is 4.88 Å². The summed E-state index contributed by atoms with van der Waals surface area (Å²) in [5.74, 6) is -3.13. The van der Waals surface area contributed by atoms with Gasteiger partial charge in [-0.25, -0.2) is 14.1 Å². The van der Waals surface area contributed by atoms with E-state index < -0.39 is 38.6 Å². The van der Waals surface area contributed by atoms with Crippen LogP contribution in [-0.4, -0.2) is 64.2 Å². The van der Waals surface area contributed by atoms with E-state index in [9.17, 15) is 17.6 Å². The average Bonchev–Trinajstić information content (AvgIpc) is 3.43. The van der Waals surface area contributed by atoms with Crippen LogP contribution in [0.5, 0.6) is 0 Å². The molecule has 4 rings (SSSR count). The lowest BCUT2D eigenvalue weighted by molar-refractivity contribution is -0.122. The van der Waals surface area contributed by atoms with E-state index in [2.05, 4.69) is 15.0 Å². The summed E-state index contributed by atoms with van der Waals surface area (Å²) in [6.45, 7) is 0. The van der Waals surface area contributed by atoms with E-state index in [4.69, 9.17) is 35.1 Å². The highest BCUT2D eigenvalue weighted by Crippen LogP contribution is 2.47. The van der Waals surface area contributed by atoms with Crippen molar-refractivity contribution in [3.8, 4) is 10.6 Å². The molecule has 3 aromatic rings. The van der Waals surface area contributed by atoms with Crippen LogP contribution in [0.3, 0.4) is 0 Å². The number of amides is 1. The molecule has 0 aliphatic carbocycles. The van der Waals surface area contributed by atoms with E-state index >= 15 is 0 Å². The molecule has 6 radical (unpaired) electrons. The molecule has 1 saturated heterocycles. The van der Waals surface area contributed by atoms with Gasteiger partial charge in [-0.1, -0.05) is 11.6 Å². The molecule has 0 spiro atoms. The Morgan fingerprint density at radius 1 is 1.29 bits per heavy atom. The number of aryl methyl sites for hydroxylation is 1. The summed E-state index contributed by atoms with van der Waals surface area (Å²) in [5, 5.41) is 2.21. The monoisotopic (exact) mass is 513 g/mol. The molecule has 0 saturated carbocycles. The number of hydrogen-bond donors (Lipinski definition) is 2. The molecule has 3 atom stereocenters. The number of rotatable bonds is 4. The van der Waals surface area contributed by atoms with E-state index in [1.165, 1.54) is 6.07 Å². The number of benzene rings is 1. The molecule has 8 nitrogen and oxygen atoms in total. The van der Waals surface area contributed by atoms with Crippen LogP contribution in [0.25, 0.3) is 10.6 Å². The first-order valence-electron chi connectivity index (χ1n) is 9.75. The van der Waals surface area contributed by atoms with Gasteiger partial charge in [-0.05, 0) is 36.1 Å². The van der Waals surface area contributed by atoms with Crippen molar-refractivity contribution in [3.63, 3.8) is 0 Å². The van der Waals surface area contributed by atoms with Gasteiger partial charge in [-0.15, -0.1) is 11.3 Å². The number of carbonyl (C=O) groups excluding carboxylic acids is 1. The van der Waals surface area contributed by atoms with Crippen LogP contribution in [0, 0.1) is 5.82 Å². The molecular formula is C19H16B3ClFN5O3S2. The molecule has 1 aliphatic rings. The number of likely N-dealkylation sites (N-methyl/N-ethyl adjacent to an activating group) is 1. The molecule has 0 bridgehead atoms. The highest BCUT2D eigenvalue weighted by Gasteiger charge is 2.58. The van der Waals surface area contributed by atoms with Gasteiger partial charge in [0.15, 0.2) is 0 Å². The molecule has 1 amide bonds. The average molecular weight is 513 g/mol. The lowest BCUT2D eigenvalue weighted by atomic mass is 9.47. The molecule has 1 aliphatic heterocycles. The van der Waals surface area contributed by atoms with Crippen LogP contribution >= 0.6 is 22.9 Å². The van der Waals surface area contributed by atoms with Crippen LogP contribution in [0.2, 0.25) is 10.8 Å². The second kappa shape index (κ2) is 8.52. The Labute approximate surface area is 209 Å². The first-order valence-corrected chi connectivity index (χ1v) is 12.4. The molecule has 3 unspecified atom stereocenters. The molecule has 15 heteroatoms. The van der Waals surface area contributed by atoms with E-state index in [-0.39, 0.29) is 10.7 Å². The molecular weight excluding hydrogens is 497 g/mol. The van der Waals surface area contributed by atoms with Crippen molar-refractivity contribution in [2.75, 3.05) is 12.4 Å². The minimum atomic E-state index is -4.37. The zero-order chi connectivity index (χ0) is 25.1. The summed E-state index contributed by atoms with van der Waals surface area (Å²) in [6.07, 6.45) is 3.40. The quantitative estimate of drug-likeness (QED) is 0.517. The van der Waals surface area contributed by atoms with Crippen LogP contribution < -0.4 is 10.0 Å². The fraction of sp³-hybridized carbons (Fsp3) is 0.263. The first kappa shape index (κ1) is 25.0. The highest BCUT2D eigenvalue weighted by molar-refractivity contribution is 7.87. The van der Waals surface area contributed by atoms with Gasteiger partial charge in [0.1, 0.15) is 21.5 Å².